The molecular formula is C13H15NO9. The van der Waals surface area contributed by atoms with Gasteiger partial charge in [-0.3, -0.25) is 0 Å². The lowest BCUT2D eigenvalue weighted by Crippen LogP contribution is -2.31. The summed E-state index contributed by atoms with van der Waals surface area (Å²) in [5, 5.41) is 52.5. The maximum Gasteiger partial charge on any atom is 0.377 e. The molecule has 0 fully saturated rings. The first-order chi connectivity index (χ1) is 10.7. The molecule has 10 nitrogen and oxygen atoms in total. The number of nitrogen functional groups attached to an aromatic ring is 1. The van der Waals surface area contributed by atoms with Gasteiger partial charge in [-0.15, -0.1) is 0 Å². The Kier molecular flexibility index (Phi) is 5.76. The van der Waals surface area contributed by atoms with Gasteiger partial charge >= 0.3 is 11.9 Å². The van der Waals surface area contributed by atoms with Crippen molar-refractivity contribution in [2.45, 2.75) is 12.2 Å². The van der Waals surface area contributed by atoms with Crippen LogP contribution < -0.4 is 5.73 Å². The summed E-state index contributed by atoms with van der Waals surface area (Å²) in [6.07, 6.45) is -2.78. The lowest BCUT2D eigenvalue weighted by atomic mass is 10.2. The largest absolute Gasteiger partial charge is 0.507 e. The van der Waals surface area contributed by atoms with E-state index in [9.17, 15) is 9.59 Å². The third-order valence-electron chi connectivity index (χ3n) is 2.73. The first-order valence-corrected chi connectivity index (χ1v) is 6.12. The van der Waals surface area contributed by atoms with Crippen LogP contribution in [0.4, 0.5) is 5.69 Å². The number of aromatic hydroxyl groups is 1. The van der Waals surface area contributed by atoms with E-state index in [-0.39, 0.29) is 11.3 Å². The number of carboxylic acid groups (broad SMARTS) is 1. The molecule has 0 aliphatic carbocycles. The van der Waals surface area contributed by atoms with E-state index >= 15 is 0 Å². The summed E-state index contributed by atoms with van der Waals surface area (Å²) < 4.78 is 4.32. The van der Waals surface area contributed by atoms with E-state index in [0.29, 0.717) is 5.69 Å². The molecule has 1 aliphatic heterocycles. The van der Waals surface area contributed by atoms with Crippen molar-refractivity contribution >= 4 is 17.6 Å². The van der Waals surface area contributed by atoms with Gasteiger partial charge < -0.3 is 41.1 Å². The molecule has 0 bridgehead atoms. The summed E-state index contributed by atoms with van der Waals surface area (Å²) in [5.74, 6) is -4.24. The van der Waals surface area contributed by atoms with Crippen molar-refractivity contribution in [1.29, 1.82) is 0 Å². The van der Waals surface area contributed by atoms with Crippen LogP contribution in [0.5, 0.6) is 5.75 Å². The number of aliphatic hydroxyl groups is 4. The van der Waals surface area contributed by atoms with Crippen molar-refractivity contribution in [2.75, 3.05) is 12.3 Å². The normalized spacial score (nSPS) is 18.0. The third-order valence-corrected chi connectivity index (χ3v) is 2.73. The van der Waals surface area contributed by atoms with Gasteiger partial charge in [0.2, 0.25) is 5.76 Å². The van der Waals surface area contributed by atoms with Crippen molar-refractivity contribution < 1.29 is 45.0 Å². The van der Waals surface area contributed by atoms with Gasteiger partial charge in [0.05, 0.1) is 6.61 Å². The molecule has 10 heteroatoms. The molecular weight excluding hydrogens is 314 g/mol. The van der Waals surface area contributed by atoms with Crippen LogP contribution in [0.15, 0.2) is 29.7 Å². The Morgan fingerprint density at radius 2 is 1.91 bits per heavy atom. The zero-order valence-electron chi connectivity index (χ0n) is 11.6. The molecule has 0 aromatic heterocycles. The van der Waals surface area contributed by atoms with Crippen molar-refractivity contribution in [3.8, 4) is 5.75 Å². The molecule has 0 saturated heterocycles. The van der Waals surface area contributed by atoms with E-state index in [1.807, 2.05) is 0 Å². The number of cyclic esters (lactones) is 1. The Hall–Kier alpha value is -2.98. The Morgan fingerprint density at radius 3 is 2.30 bits per heavy atom. The molecule has 1 aromatic rings. The number of phenols is 1. The molecule has 0 saturated carbocycles. The highest BCUT2D eigenvalue weighted by Crippen LogP contribution is 2.21. The van der Waals surface area contributed by atoms with Crippen LogP contribution in [0.2, 0.25) is 0 Å². The number of ether oxygens (including phenoxy) is 1. The minimum Gasteiger partial charge on any atom is -0.507 e. The minimum atomic E-state index is -1.42. The smallest absolute Gasteiger partial charge is 0.377 e. The van der Waals surface area contributed by atoms with E-state index in [1.165, 1.54) is 18.2 Å². The summed E-state index contributed by atoms with van der Waals surface area (Å²) in [7, 11) is 0. The molecule has 2 atom stereocenters. The summed E-state index contributed by atoms with van der Waals surface area (Å²) in [6.45, 7) is -0.671. The predicted octanol–water partition coefficient (Wildman–Crippen LogP) is -0.735. The average Bonchev–Trinajstić information content (AvgIpc) is 2.77. The SMILES string of the molecule is Nc1ccc(O)c(C(=O)O)c1.O=C1O[C@H]([C@@H](O)CO)C(O)=C1O. The second-order valence-electron chi connectivity index (χ2n) is 4.39. The summed E-state index contributed by atoms with van der Waals surface area (Å²) in [6, 6.07) is 3.89. The number of anilines is 1. The lowest BCUT2D eigenvalue weighted by Gasteiger charge is -2.13. The molecule has 0 unspecified atom stereocenters. The molecule has 23 heavy (non-hydrogen) atoms. The van der Waals surface area contributed by atoms with Crippen molar-refractivity contribution in [2.24, 2.45) is 0 Å². The number of carbonyl (C=O) groups excluding carboxylic acids is 1. The van der Waals surface area contributed by atoms with Gasteiger partial charge in [0.15, 0.2) is 11.9 Å². The van der Waals surface area contributed by atoms with Crippen LogP contribution in [0.1, 0.15) is 10.4 Å². The molecule has 2 rings (SSSR count). The highest BCUT2D eigenvalue weighted by molar-refractivity contribution is 5.91. The number of hydrogen-bond acceptors (Lipinski definition) is 9. The van der Waals surface area contributed by atoms with Crippen LogP contribution in [0.3, 0.4) is 0 Å². The monoisotopic (exact) mass is 329 g/mol. The van der Waals surface area contributed by atoms with Crippen LogP contribution >= 0.6 is 0 Å². The molecule has 126 valence electrons. The zero-order valence-corrected chi connectivity index (χ0v) is 11.6. The topological polar surface area (TPSA) is 191 Å². The molecule has 0 radical (unpaired) electrons. The summed E-state index contributed by atoms with van der Waals surface area (Å²) in [5.41, 5.74) is 5.43. The summed E-state index contributed by atoms with van der Waals surface area (Å²) in [4.78, 5) is 20.9. The number of esters is 1. The molecule has 0 spiro atoms. The van der Waals surface area contributed by atoms with Crippen LogP contribution in [-0.4, -0.2) is 61.4 Å². The summed E-state index contributed by atoms with van der Waals surface area (Å²) >= 11 is 0. The maximum absolute atomic E-state index is 10.5. The highest BCUT2D eigenvalue weighted by atomic mass is 16.6. The number of carbonyl (C=O) groups is 2. The number of aliphatic hydroxyl groups excluding tert-OH is 4. The number of aromatic carboxylic acids is 1. The Bertz CT molecular complexity index is 640. The van der Waals surface area contributed by atoms with Crippen molar-refractivity contribution in [3.63, 3.8) is 0 Å². The van der Waals surface area contributed by atoms with Gasteiger partial charge in [-0.05, 0) is 18.2 Å². The van der Waals surface area contributed by atoms with Gasteiger partial charge in [0.1, 0.15) is 17.4 Å². The first kappa shape index (κ1) is 18.1. The standard InChI is InChI=1S/C7H7NO3.C6H8O6/c8-4-1-2-6(9)5(3-4)7(10)11;7-1-2(8)5-3(9)4(10)6(11)12-5/h1-3,9H,8H2,(H,10,11);2,5,7-10H,1H2/t;2-,5+/m.0/s1. The second-order valence-corrected chi connectivity index (χ2v) is 4.39. The van der Waals surface area contributed by atoms with Gasteiger partial charge in [-0.2, -0.15) is 0 Å². The number of benzene rings is 1. The Labute approximate surface area is 129 Å². The highest BCUT2D eigenvalue weighted by Gasteiger charge is 2.38. The van der Waals surface area contributed by atoms with Crippen LogP contribution in [0, 0.1) is 0 Å². The van der Waals surface area contributed by atoms with E-state index in [0.717, 1.165) is 0 Å². The maximum atomic E-state index is 10.5. The van der Waals surface area contributed by atoms with E-state index in [4.69, 9.17) is 36.4 Å². The van der Waals surface area contributed by atoms with Crippen molar-refractivity contribution in [3.05, 3.63) is 35.3 Å². The number of nitrogens with two attached hydrogens (primary N) is 1. The van der Waals surface area contributed by atoms with Gasteiger partial charge in [0.25, 0.3) is 0 Å². The number of carboxylic acids is 1. The fourth-order valence-electron chi connectivity index (χ4n) is 1.55. The van der Waals surface area contributed by atoms with Gasteiger partial charge in [0, 0.05) is 5.69 Å². The fourth-order valence-corrected chi connectivity index (χ4v) is 1.55. The molecule has 8 N–H and O–H groups in total. The average molecular weight is 329 g/mol. The predicted molar refractivity (Wildman–Crippen MR) is 74.7 cm³/mol. The quantitative estimate of drug-likeness (QED) is 0.211. The second kappa shape index (κ2) is 7.33. The van der Waals surface area contributed by atoms with Crippen LogP contribution in [0.25, 0.3) is 0 Å². The van der Waals surface area contributed by atoms with Gasteiger partial charge in [-0.1, -0.05) is 0 Å². The Morgan fingerprint density at radius 1 is 1.30 bits per heavy atom. The minimum absolute atomic E-state index is 0.176. The molecule has 0 amide bonds. The van der Waals surface area contributed by atoms with Crippen molar-refractivity contribution in [1.82, 2.24) is 0 Å². The van der Waals surface area contributed by atoms with Crippen LogP contribution in [-0.2, 0) is 9.53 Å². The fraction of sp³-hybridized carbons (Fsp3) is 0.231. The lowest BCUT2D eigenvalue weighted by molar-refractivity contribution is -0.147. The molecule has 1 aromatic carbocycles. The third kappa shape index (κ3) is 4.25. The first-order valence-electron chi connectivity index (χ1n) is 6.12. The molecule has 1 heterocycles. The van der Waals surface area contributed by atoms with E-state index < -0.39 is 42.3 Å². The zero-order chi connectivity index (χ0) is 17.7. The van der Waals surface area contributed by atoms with Gasteiger partial charge in [-0.25, -0.2) is 9.59 Å². The van der Waals surface area contributed by atoms with E-state index in [2.05, 4.69) is 4.74 Å². The Balaban J connectivity index is 0.000000231. The number of rotatable bonds is 3. The number of hydrogen-bond donors (Lipinski definition) is 7. The molecule has 1 aliphatic rings. The van der Waals surface area contributed by atoms with E-state index in [1.54, 1.807) is 0 Å².